The van der Waals surface area contributed by atoms with Gasteiger partial charge in [0.1, 0.15) is 5.92 Å². The maximum Gasteiger partial charge on any atom is 0.322 e. The van der Waals surface area contributed by atoms with Gasteiger partial charge in [-0.25, -0.2) is 0 Å². The summed E-state index contributed by atoms with van der Waals surface area (Å²) in [5.74, 6) is -0.482. The third-order valence-electron chi connectivity index (χ3n) is 2.24. The highest BCUT2D eigenvalue weighted by atomic mass is 28.4. The second-order valence-electron chi connectivity index (χ2n) is 4.84. The van der Waals surface area contributed by atoms with Crippen LogP contribution in [0.5, 0.6) is 0 Å². The van der Waals surface area contributed by atoms with Crippen LogP contribution in [0.15, 0.2) is 12.0 Å². The Morgan fingerprint density at radius 1 is 1.35 bits per heavy atom. The monoisotopic (exact) mass is 260 g/mol. The van der Waals surface area contributed by atoms with Crippen molar-refractivity contribution in [2.75, 3.05) is 14.2 Å². The molecule has 1 heterocycles. The molecule has 0 aliphatic carbocycles. The highest BCUT2D eigenvalue weighted by Gasteiger charge is 2.34. The number of rotatable bonds is 5. The van der Waals surface area contributed by atoms with Crippen LogP contribution in [0.2, 0.25) is 19.6 Å². The number of hydrogen-bond acceptors (Lipinski definition) is 5. The molecule has 6 heteroatoms. The predicted octanol–water partition coefficient (Wildman–Crippen LogP) is 1.86. The summed E-state index contributed by atoms with van der Waals surface area (Å²) in [5.41, 5.74) is 0. The number of ether oxygens (including phenoxy) is 3. The lowest BCUT2D eigenvalue weighted by Crippen LogP contribution is -2.36. The fourth-order valence-electron chi connectivity index (χ4n) is 1.55. The quantitative estimate of drug-likeness (QED) is 0.429. The first-order valence-corrected chi connectivity index (χ1v) is 8.94. The molecule has 0 aromatic heterocycles. The minimum Gasteiger partial charge on any atom is -0.520 e. The third kappa shape index (κ3) is 4.14. The van der Waals surface area contributed by atoms with Gasteiger partial charge in [-0.2, -0.15) is 0 Å². The number of cyclic esters (lactones) is 1. The van der Waals surface area contributed by atoms with Gasteiger partial charge in [-0.3, -0.25) is 4.79 Å². The van der Waals surface area contributed by atoms with Crippen molar-refractivity contribution in [3.8, 4) is 0 Å². The second-order valence-corrected chi connectivity index (χ2v) is 9.27. The van der Waals surface area contributed by atoms with Crippen LogP contribution in [0.25, 0.3) is 0 Å². The summed E-state index contributed by atoms with van der Waals surface area (Å²) in [7, 11) is 1.25. The maximum atomic E-state index is 11.8. The topological polar surface area (TPSA) is 54.0 Å². The van der Waals surface area contributed by atoms with Gasteiger partial charge in [0.2, 0.25) is 8.32 Å². The van der Waals surface area contributed by atoms with E-state index in [1.165, 1.54) is 14.2 Å². The lowest BCUT2D eigenvalue weighted by atomic mass is 10.0. The molecule has 1 aliphatic heterocycles. The smallest absolute Gasteiger partial charge is 0.322 e. The van der Waals surface area contributed by atoms with Crippen molar-refractivity contribution in [3.63, 3.8) is 0 Å². The molecule has 5 nitrogen and oxygen atoms in total. The molecule has 1 aliphatic rings. The summed E-state index contributed by atoms with van der Waals surface area (Å²) in [6.07, 6.45) is 1.70. The van der Waals surface area contributed by atoms with E-state index in [-0.39, 0.29) is 5.97 Å². The average Bonchev–Trinajstić information content (AvgIpc) is 2.20. The van der Waals surface area contributed by atoms with Crippen LogP contribution < -0.4 is 0 Å². The minimum absolute atomic E-state index is 0.316. The molecule has 1 rings (SSSR count). The molecule has 0 aromatic carbocycles. The van der Waals surface area contributed by atoms with Gasteiger partial charge in [0.15, 0.2) is 6.29 Å². The second kappa shape index (κ2) is 5.66. The molecule has 0 radical (unpaired) electrons. The Bertz CT molecular complexity index is 303. The standard InChI is InChI=1S/C11H20O5Si/c1-13-11(14-2)8-6-7-9(15-10(8)12)16-17(3,4)5/h7-8,11H,6H2,1-5H3. The number of methoxy groups -OCH3 is 2. The van der Waals surface area contributed by atoms with Gasteiger partial charge in [0.05, 0.1) is 0 Å². The summed E-state index contributed by atoms with van der Waals surface area (Å²) in [5, 5.41) is 0. The van der Waals surface area contributed by atoms with Crippen molar-refractivity contribution in [1.29, 1.82) is 0 Å². The summed E-state index contributed by atoms with van der Waals surface area (Å²) in [6.45, 7) is 6.09. The van der Waals surface area contributed by atoms with Crippen LogP contribution in [0.4, 0.5) is 0 Å². The molecule has 0 amide bonds. The van der Waals surface area contributed by atoms with Crippen molar-refractivity contribution >= 4 is 14.3 Å². The minimum atomic E-state index is -1.75. The Hall–Kier alpha value is -0.853. The first-order valence-electron chi connectivity index (χ1n) is 5.54. The van der Waals surface area contributed by atoms with Crippen molar-refractivity contribution in [1.82, 2.24) is 0 Å². The number of hydrogen-bond donors (Lipinski definition) is 0. The lowest BCUT2D eigenvalue weighted by molar-refractivity contribution is -0.178. The van der Waals surface area contributed by atoms with E-state index in [1.807, 2.05) is 19.6 Å². The third-order valence-corrected chi connectivity index (χ3v) is 3.06. The molecule has 0 fully saturated rings. The molecule has 0 spiro atoms. The first-order chi connectivity index (χ1) is 7.87. The predicted molar refractivity (Wildman–Crippen MR) is 64.5 cm³/mol. The number of allylic oxidation sites excluding steroid dienone is 1. The fraction of sp³-hybridized carbons (Fsp3) is 0.727. The van der Waals surface area contributed by atoms with Gasteiger partial charge in [-0.1, -0.05) is 0 Å². The van der Waals surface area contributed by atoms with E-state index in [2.05, 4.69) is 0 Å². The van der Waals surface area contributed by atoms with E-state index in [1.54, 1.807) is 6.08 Å². The highest BCUT2D eigenvalue weighted by Crippen LogP contribution is 2.25. The largest absolute Gasteiger partial charge is 0.520 e. The van der Waals surface area contributed by atoms with Gasteiger partial charge in [0.25, 0.3) is 5.95 Å². The zero-order chi connectivity index (χ0) is 13.1. The Kier molecular flexibility index (Phi) is 4.73. The van der Waals surface area contributed by atoms with E-state index in [4.69, 9.17) is 18.6 Å². The Labute approximate surface area is 103 Å². The van der Waals surface area contributed by atoms with E-state index in [0.717, 1.165) is 0 Å². The zero-order valence-electron chi connectivity index (χ0n) is 11.0. The van der Waals surface area contributed by atoms with Crippen LogP contribution in [0.3, 0.4) is 0 Å². The average molecular weight is 260 g/mol. The SMILES string of the molecule is COC(OC)C1CC=C(O[Si](C)(C)C)OC1=O. The molecule has 1 unspecified atom stereocenters. The summed E-state index contributed by atoms with van der Waals surface area (Å²) in [4.78, 5) is 11.8. The highest BCUT2D eigenvalue weighted by molar-refractivity contribution is 6.70. The van der Waals surface area contributed by atoms with Gasteiger partial charge in [0, 0.05) is 14.2 Å². The number of carbonyl (C=O) groups is 1. The van der Waals surface area contributed by atoms with E-state index in [9.17, 15) is 4.79 Å². The summed E-state index contributed by atoms with van der Waals surface area (Å²) < 4.78 is 20.9. The fourth-order valence-corrected chi connectivity index (χ4v) is 2.28. The summed E-state index contributed by atoms with van der Waals surface area (Å²) >= 11 is 0. The molecular formula is C11H20O5Si. The lowest BCUT2D eigenvalue weighted by Gasteiger charge is -2.28. The van der Waals surface area contributed by atoms with Crippen molar-refractivity contribution in [2.45, 2.75) is 32.4 Å². The normalized spacial score (nSPS) is 21.2. The van der Waals surface area contributed by atoms with Gasteiger partial charge >= 0.3 is 5.97 Å². The van der Waals surface area contributed by atoms with Gasteiger partial charge < -0.3 is 18.6 Å². The van der Waals surface area contributed by atoms with Crippen LogP contribution in [0, 0.1) is 5.92 Å². The van der Waals surface area contributed by atoms with Gasteiger partial charge in [-0.05, 0) is 32.1 Å². The van der Waals surface area contributed by atoms with Crippen molar-refractivity contribution in [3.05, 3.63) is 12.0 Å². The van der Waals surface area contributed by atoms with Crippen LogP contribution in [-0.4, -0.2) is 34.8 Å². The van der Waals surface area contributed by atoms with Crippen molar-refractivity contribution in [2.24, 2.45) is 5.92 Å². The Morgan fingerprint density at radius 2 is 1.94 bits per heavy atom. The molecule has 0 saturated carbocycles. The Morgan fingerprint density at radius 3 is 2.35 bits per heavy atom. The molecule has 17 heavy (non-hydrogen) atoms. The molecule has 1 atom stereocenters. The van der Waals surface area contributed by atoms with Crippen LogP contribution >= 0.6 is 0 Å². The molecule has 0 bridgehead atoms. The van der Waals surface area contributed by atoms with E-state index < -0.39 is 20.5 Å². The zero-order valence-corrected chi connectivity index (χ0v) is 12.0. The molecule has 0 N–H and O–H groups in total. The number of esters is 1. The first kappa shape index (κ1) is 14.2. The van der Waals surface area contributed by atoms with Crippen molar-refractivity contribution < 1.29 is 23.4 Å². The molecular weight excluding hydrogens is 240 g/mol. The Balaban J connectivity index is 2.66. The molecule has 98 valence electrons. The van der Waals surface area contributed by atoms with Crippen LogP contribution in [0.1, 0.15) is 6.42 Å². The molecule has 0 saturated heterocycles. The van der Waals surface area contributed by atoms with E-state index in [0.29, 0.717) is 12.4 Å². The van der Waals surface area contributed by atoms with Crippen LogP contribution in [-0.2, 0) is 23.4 Å². The maximum absolute atomic E-state index is 11.8. The molecule has 0 aromatic rings. The van der Waals surface area contributed by atoms with E-state index >= 15 is 0 Å². The van der Waals surface area contributed by atoms with Gasteiger partial charge in [-0.15, -0.1) is 0 Å². The number of carbonyl (C=O) groups excluding carboxylic acids is 1. The summed E-state index contributed by atoms with van der Waals surface area (Å²) in [6, 6.07) is 0.